The standard InChI is InChI=1S/C21H33N5O4/c1-5-30-20(29)16-8-10-25(11-9-16)19(28)7-6-17-14(3)24-26(15(17)4)21-22-13(2)12-18(27)23-21/h13,16,21-22H,5-12H2,1-4H3,(H,23,27). The number of carbonyl (C=O) groups excluding carboxylic acids is 3. The van der Waals surface area contributed by atoms with Crippen LogP contribution in [0.15, 0.2) is 0 Å². The van der Waals surface area contributed by atoms with Crippen molar-refractivity contribution in [2.24, 2.45) is 5.92 Å². The number of carbonyl (C=O) groups is 3. The van der Waals surface area contributed by atoms with Gasteiger partial charge in [0.05, 0.1) is 18.2 Å². The monoisotopic (exact) mass is 419 g/mol. The van der Waals surface area contributed by atoms with Gasteiger partial charge >= 0.3 is 5.97 Å². The molecule has 0 bridgehead atoms. The van der Waals surface area contributed by atoms with Gasteiger partial charge in [-0.2, -0.15) is 5.10 Å². The predicted octanol–water partition coefficient (Wildman–Crippen LogP) is 1.19. The summed E-state index contributed by atoms with van der Waals surface area (Å²) in [6.07, 6.45) is 2.40. The third-order valence-electron chi connectivity index (χ3n) is 6.01. The van der Waals surface area contributed by atoms with E-state index in [4.69, 9.17) is 4.74 Å². The van der Waals surface area contributed by atoms with E-state index in [1.807, 2.05) is 32.6 Å². The van der Waals surface area contributed by atoms with Crippen molar-refractivity contribution >= 4 is 17.8 Å². The van der Waals surface area contributed by atoms with Gasteiger partial charge < -0.3 is 15.0 Å². The predicted molar refractivity (Wildman–Crippen MR) is 110 cm³/mol. The second-order valence-electron chi connectivity index (χ2n) is 8.24. The molecule has 2 fully saturated rings. The molecule has 3 heterocycles. The summed E-state index contributed by atoms with van der Waals surface area (Å²) >= 11 is 0. The molecule has 166 valence electrons. The number of nitrogens with zero attached hydrogens (tertiary/aromatic N) is 3. The number of aromatic nitrogens is 2. The van der Waals surface area contributed by atoms with Crippen LogP contribution in [0.3, 0.4) is 0 Å². The van der Waals surface area contributed by atoms with E-state index < -0.39 is 0 Å². The van der Waals surface area contributed by atoms with E-state index in [1.54, 1.807) is 4.68 Å². The maximum Gasteiger partial charge on any atom is 0.309 e. The van der Waals surface area contributed by atoms with Gasteiger partial charge in [-0.15, -0.1) is 0 Å². The Morgan fingerprint density at radius 1 is 1.23 bits per heavy atom. The van der Waals surface area contributed by atoms with Gasteiger partial charge in [-0.25, -0.2) is 4.68 Å². The number of ether oxygens (including phenoxy) is 1. The zero-order valence-corrected chi connectivity index (χ0v) is 18.4. The van der Waals surface area contributed by atoms with Crippen molar-refractivity contribution in [1.29, 1.82) is 0 Å². The van der Waals surface area contributed by atoms with Gasteiger partial charge in [0, 0.05) is 37.7 Å². The summed E-state index contributed by atoms with van der Waals surface area (Å²) in [5.41, 5.74) is 2.86. The minimum Gasteiger partial charge on any atom is -0.466 e. The number of rotatable bonds is 6. The second-order valence-corrected chi connectivity index (χ2v) is 8.24. The highest BCUT2D eigenvalue weighted by Crippen LogP contribution is 2.22. The molecule has 0 aromatic carbocycles. The third-order valence-corrected chi connectivity index (χ3v) is 6.01. The lowest BCUT2D eigenvalue weighted by molar-refractivity contribution is -0.151. The van der Waals surface area contributed by atoms with Crippen molar-refractivity contribution in [3.05, 3.63) is 17.0 Å². The third kappa shape index (κ3) is 5.00. The Morgan fingerprint density at radius 2 is 1.93 bits per heavy atom. The van der Waals surface area contributed by atoms with Crippen LogP contribution in [0.1, 0.15) is 62.8 Å². The van der Waals surface area contributed by atoms with Crippen molar-refractivity contribution in [3.8, 4) is 0 Å². The molecule has 0 saturated carbocycles. The summed E-state index contributed by atoms with van der Waals surface area (Å²) in [6.45, 7) is 9.26. The fraction of sp³-hybridized carbons (Fsp3) is 0.714. The van der Waals surface area contributed by atoms with Crippen molar-refractivity contribution in [1.82, 2.24) is 25.3 Å². The van der Waals surface area contributed by atoms with Crippen LogP contribution in [0, 0.1) is 19.8 Å². The van der Waals surface area contributed by atoms with Gasteiger partial charge in [-0.05, 0) is 52.5 Å². The van der Waals surface area contributed by atoms with E-state index in [1.165, 1.54) is 0 Å². The Labute approximate surface area is 177 Å². The molecule has 9 heteroatoms. The quantitative estimate of drug-likeness (QED) is 0.671. The Morgan fingerprint density at radius 3 is 2.57 bits per heavy atom. The molecule has 30 heavy (non-hydrogen) atoms. The Kier molecular flexibility index (Phi) is 7.12. The van der Waals surface area contributed by atoms with E-state index in [-0.39, 0.29) is 36.0 Å². The van der Waals surface area contributed by atoms with Gasteiger partial charge in [-0.3, -0.25) is 19.7 Å². The Hall–Kier alpha value is -2.42. The molecule has 1 aromatic rings. The Bertz CT molecular complexity index is 798. The maximum absolute atomic E-state index is 12.7. The second kappa shape index (κ2) is 9.59. The average Bonchev–Trinajstić information content (AvgIpc) is 2.99. The summed E-state index contributed by atoms with van der Waals surface area (Å²) in [7, 11) is 0. The average molecular weight is 420 g/mol. The van der Waals surface area contributed by atoms with Gasteiger partial charge in [-0.1, -0.05) is 0 Å². The first kappa shape index (κ1) is 22.3. The summed E-state index contributed by atoms with van der Waals surface area (Å²) in [6, 6.07) is 0.0789. The molecule has 2 unspecified atom stereocenters. The van der Waals surface area contributed by atoms with Crippen LogP contribution < -0.4 is 10.6 Å². The number of nitrogens with one attached hydrogen (secondary N) is 2. The molecule has 1 aromatic heterocycles. The molecule has 2 aliphatic heterocycles. The molecule has 3 rings (SSSR count). The number of piperidine rings is 1. The molecule has 2 aliphatic rings. The highest BCUT2D eigenvalue weighted by Gasteiger charge is 2.29. The molecule has 0 radical (unpaired) electrons. The van der Waals surface area contributed by atoms with Crippen LogP contribution in [0.4, 0.5) is 0 Å². The van der Waals surface area contributed by atoms with Crippen LogP contribution in [0.5, 0.6) is 0 Å². The fourth-order valence-corrected chi connectivity index (χ4v) is 4.32. The first-order valence-electron chi connectivity index (χ1n) is 10.8. The van der Waals surface area contributed by atoms with Crippen LogP contribution in [-0.2, 0) is 25.5 Å². The molecule has 2 atom stereocenters. The van der Waals surface area contributed by atoms with Crippen LogP contribution in [0.2, 0.25) is 0 Å². The van der Waals surface area contributed by atoms with Crippen LogP contribution in [0.25, 0.3) is 0 Å². The van der Waals surface area contributed by atoms with E-state index in [2.05, 4.69) is 15.7 Å². The largest absolute Gasteiger partial charge is 0.466 e. The highest BCUT2D eigenvalue weighted by atomic mass is 16.5. The van der Waals surface area contributed by atoms with E-state index in [9.17, 15) is 14.4 Å². The van der Waals surface area contributed by atoms with E-state index in [0.29, 0.717) is 51.8 Å². The van der Waals surface area contributed by atoms with Gasteiger partial charge in [0.25, 0.3) is 0 Å². The summed E-state index contributed by atoms with van der Waals surface area (Å²) in [4.78, 5) is 38.3. The molecular formula is C21H33N5O4. The fourth-order valence-electron chi connectivity index (χ4n) is 4.32. The summed E-state index contributed by atoms with van der Waals surface area (Å²) in [5, 5.41) is 10.9. The lowest BCUT2D eigenvalue weighted by Crippen LogP contribution is -2.52. The topological polar surface area (TPSA) is 106 Å². The zero-order valence-electron chi connectivity index (χ0n) is 18.4. The summed E-state index contributed by atoms with van der Waals surface area (Å²) in [5.74, 6) is -0.151. The number of amides is 2. The van der Waals surface area contributed by atoms with Crippen LogP contribution in [-0.4, -0.2) is 58.2 Å². The molecule has 0 aliphatic carbocycles. The van der Waals surface area contributed by atoms with Crippen molar-refractivity contribution in [2.45, 2.75) is 72.1 Å². The molecule has 9 nitrogen and oxygen atoms in total. The van der Waals surface area contributed by atoms with E-state index in [0.717, 1.165) is 17.0 Å². The first-order chi connectivity index (χ1) is 14.3. The van der Waals surface area contributed by atoms with Crippen molar-refractivity contribution < 1.29 is 19.1 Å². The number of esters is 1. The van der Waals surface area contributed by atoms with E-state index >= 15 is 0 Å². The van der Waals surface area contributed by atoms with Crippen LogP contribution >= 0.6 is 0 Å². The number of hydrogen-bond donors (Lipinski definition) is 2. The van der Waals surface area contributed by atoms with Gasteiger partial charge in [0.15, 0.2) is 6.29 Å². The number of hydrogen-bond acceptors (Lipinski definition) is 6. The van der Waals surface area contributed by atoms with Gasteiger partial charge in [0.2, 0.25) is 11.8 Å². The Balaban J connectivity index is 1.56. The first-order valence-corrected chi connectivity index (χ1v) is 10.8. The number of likely N-dealkylation sites (tertiary alicyclic amines) is 1. The maximum atomic E-state index is 12.7. The van der Waals surface area contributed by atoms with Crippen molar-refractivity contribution in [3.63, 3.8) is 0 Å². The lowest BCUT2D eigenvalue weighted by atomic mass is 9.96. The SMILES string of the molecule is CCOC(=O)C1CCN(C(=O)CCc2c(C)nn(C3NC(=O)CC(C)N3)c2C)CC1. The lowest BCUT2D eigenvalue weighted by Gasteiger charge is -2.31. The molecule has 2 amide bonds. The minimum absolute atomic E-state index is 0.00162. The molecular weight excluding hydrogens is 386 g/mol. The summed E-state index contributed by atoms with van der Waals surface area (Å²) < 4.78 is 6.89. The minimum atomic E-state index is -0.369. The number of aryl methyl sites for hydroxylation is 1. The molecule has 2 N–H and O–H groups in total. The van der Waals surface area contributed by atoms with Crippen molar-refractivity contribution in [2.75, 3.05) is 19.7 Å². The molecule has 2 saturated heterocycles. The van der Waals surface area contributed by atoms with Gasteiger partial charge in [0.1, 0.15) is 0 Å². The highest BCUT2D eigenvalue weighted by molar-refractivity contribution is 5.78. The smallest absolute Gasteiger partial charge is 0.309 e. The zero-order chi connectivity index (χ0) is 21.8. The molecule has 0 spiro atoms. The normalized spacial score (nSPS) is 22.7.